The lowest BCUT2D eigenvalue weighted by molar-refractivity contribution is -0.132. The van der Waals surface area contributed by atoms with Gasteiger partial charge in [0.25, 0.3) is 0 Å². The largest absolute Gasteiger partial charge is 0.357 e. The lowest BCUT2D eigenvalue weighted by Gasteiger charge is -2.31. The number of likely N-dealkylation sites (N-methyl/N-ethyl adjacent to an activating group) is 2. The van der Waals surface area contributed by atoms with E-state index in [-0.39, 0.29) is 17.7 Å². The molecule has 0 aliphatic carbocycles. The number of amides is 3. The molecule has 0 aromatic carbocycles. The smallest absolute Gasteiger partial charge is 0.242 e. The van der Waals surface area contributed by atoms with Gasteiger partial charge in [-0.3, -0.25) is 24.5 Å². The predicted molar refractivity (Wildman–Crippen MR) is 108 cm³/mol. The Labute approximate surface area is 168 Å². The van der Waals surface area contributed by atoms with Gasteiger partial charge in [0.15, 0.2) is 6.29 Å². The summed E-state index contributed by atoms with van der Waals surface area (Å²) in [5, 5.41) is 13.6. The molecule has 9 nitrogen and oxygen atoms in total. The van der Waals surface area contributed by atoms with E-state index in [1.165, 1.54) is 14.0 Å². The molecule has 9 heteroatoms. The zero-order valence-electron chi connectivity index (χ0n) is 18.1. The minimum absolute atomic E-state index is 0.211. The van der Waals surface area contributed by atoms with Crippen molar-refractivity contribution in [1.29, 1.82) is 0 Å². The summed E-state index contributed by atoms with van der Waals surface area (Å²) >= 11 is 0. The van der Waals surface area contributed by atoms with Gasteiger partial charge in [-0.25, -0.2) is 0 Å². The molecule has 0 fully saturated rings. The first-order chi connectivity index (χ1) is 13.0. The fourth-order valence-corrected chi connectivity index (χ4v) is 2.83. The fourth-order valence-electron chi connectivity index (χ4n) is 2.83. The Hall–Kier alpha value is -2.00. The Bertz CT molecular complexity index is 540. The Morgan fingerprint density at radius 3 is 2.04 bits per heavy atom. The van der Waals surface area contributed by atoms with Crippen LogP contribution in [0.5, 0.6) is 0 Å². The molecule has 0 aliphatic heterocycles. The molecule has 4 unspecified atom stereocenters. The van der Waals surface area contributed by atoms with Crippen LogP contribution in [0.1, 0.15) is 53.9 Å². The number of hydrogen-bond donors (Lipinski definition) is 5. The van der Waals surface area contributed by atoms with E-state index in [2.05, 4.69) is 26.6 Å². The second kappa shape index (κ2) is 12.5. The molecule has 162 valence electrons. The first-order valence-electron chi connectivity index (χ1n) is 9.78. The topological polar surface area (TPSA) is 128 Å². The normalized spacial score (nSPS) is 16.4. The van der Waals surface area contributed by atoms with Gasteiger partial charge in [-0.05, 0) is 39.7 Å². The first-order valence-corrected chi connectivity index (χ1v) is 9.78. The minimum Gasteiger partial charge on any atom is -0.357 e. The molecule has 5 N–H and O–H groups in total. The molecular weight excluding hydrogens is 362 g/mol. The van der Waals surface area contributed by atoms with Crippen LogP contribution in [-0.4, -0.2) is 61.9 Å². The molecule has 0 saturated heterocycles. The van der Waals surface area contributed by atoms with E-state index in [9.17, 15) is 19.2 Å². The number of nitrogens with one attached hydrogen (secondary N) is 5. The SMILES string of the molecule is CCCC(NC)C(=O)NC(C)(C=O)NC(C)C(=O)NC(CC(C)C)C(=O)NC. The van der Waals surface area contributed by atoms with E-state index < -0.39 is 29.7 Å². The van der Waals surface area contributed by atoms with Gasteiger partial charge in [-0.2, -0.15) is 0 Å². The molecular formula is C19H37N5O4. The van der Waals surface area contributed by atoms with Crippen LogP contribution in [0.4, 0.5) is 0 Å². The number of aldehydes is 1. The van der Waals surface area contributed by atoms with Gasteiger partial charge >= 0.3 is 0 Å². The second-order valence-electron chi connectivity index (χ2n) is 7.61. The molecule has 0 heterocycles. The summed E-state index contributed by atoms with van der Waals surface area (Å²) in [4.78, 5) is 48.5. The van der Waals surface area contributed by atoms with Crippen LogP contribution in [0.25, 0.3) is 0 Å². The molecule has 0 aromatic rings. The Balaban J connectivity index is 5.07. The van der Waals surface area contributed by atoms with Gasteiger partial charge in [0.1, 0.15) is 11.7 Å². The third kappa shape index (κ3) is 8.79. The van der Waals surface area contributed by atoms with E-state index in [1.807, 2.05) is 20.8 Å². The summed E-state index contributed by atoms with van der Waals surface area (Å²) in [6, 6.07) is -1.91. The Morgan fingerprint density at radius 2 is 1.61 bits per heavy atom. The predicted octanol–water partition coefficient (Wildman–Crippen LogP) is -0.339. The highest BCUT2D eigenvalue weighted by Crippen LogP contribution is 2.06. The van der Waals surface area contributed by atoms with Crippen molar-refractivity contribution in [3.05, 3.63) is 0 Å². The molecule has 0 bridgehead atoms. The molecule has 0 aromatic heterocycles. The van der Waals surface area contributed by atoms with Crippen molar-refractivity contribution in [3.8, 4) is 0 Å². The molecule has 0 spiro atoms. The van der Waals surface area contributed by atoms with E-state index in [1.54, 1.807) is 14.0 Å². The number of hydrogen-bond acceptors (Lipinski definition) is 6. The molecule has 0 saturated carbocycles. The van der Waals surface area contributed by atoms with Crippen LogP contribution in [0.15, 0.2) is 0 Å². The third-order valence-electron chi connectivity index (χ3n) is 4.36. The van der Waals surface area contributed by atoms with Gasteiger partial charge in [-0.15, -0.1) is 0 Å². The third-order valence-corrected chi connectivity index (χ3v) is 4.36. The van der Waals surface area contributed by atoms with Crippen molar-refractivity contribution in [1.82, 2.24) is 26.6 Å². The van der Waals surface area contributed by atoms with Gasteiger partial charge in [0, 0.05) is 7.05 Å². The van der Waals surface area contributed by atoms with E-state index in [4.69, 9.17) is 0 Å². The zero-order valence-corrected chi connectivity index (χ0v) is 18.1. The highest BCUT2D eigenvalue weighted by molar-refractivity contribution is 5.90. The minimum atomic E-state index is -1.42. The van der Waals surface area contributed by atoms with Crippen LogP contribution >= 0.6 is 0 Å². The maximum atomic E-state index is 12.5. The summed E-state index contributed by atoms with van der Waals surface area (Å²) < 4.78 is 0. The summed E-state index contributed by atoms with van der Waals surface area (Å²) in [5.41, 5.74) is -1.42. The van der Waals surface area contributed by atoms with Crippen LogP contribution < -0.4 is 26.6 Å². The standard InChI is InChI=1S/C19H37N5O4/c1-8-9-14(20-6)18(28)24-19(5,11-25)23-13(4)16(26)22-15(10-12(2)3)17(27)21-7/h11-15,20,23H,8-10H2,1-7H3,(H,21,27)(H,22,26)(H,24,28). The van der Waals surface area contributed by atoms with Crippen molar-refractivity contribution in [2.75, 3.05) is 14.1 Å². The van der Waals surface area contributed by atoms with Crippen molar-refractivity contribution in [2.24, 2.45) is 5.92 Å². The molecule has 28 heavy (non-hydrogen) atoms. The van der Waals surface area contributed by atoms with Crippen LogP contribution in [-0.2, 0) is 19.2 Å². The fraction of sp³-hybridized carbons (Fsp3) is 0.789. The van der Waals surface area contributed by atoms with Crippen molar-refractivity contribution in [2.45, 2.75) is 77.7 Å². The van der Waals surface area contributed by atoms with Crippen LogP contribution in [0.2, 0.25) is 0 Å². The van der Waals surface area contributed by atoms with E-state index in [0.29, 0.717) is 19.1 Å². The lowest BCUT2D eigenvalue weighted by atomic mass is 10.0. The van der Waals surface area contributed by atoms with Gasteiger partial charge in [0.05, 0.1) is 12.1 Å². The zero-order chi connectivity index (χ0) is 21.9. The number of rotatable bonds is 13. The highest BCUT2D eigenvalue weighted by Gasteiger charge is 2.32. The molecule has 3 amide bonds. The maximum absolute atomic E-state index is 12.5. The van der Waals surface area contributed by atoms with Crippen molar-refractivity contribution < 1.29 is 19.2 Å². The average Bonchev–Trinajstić information content (AvgIpc) is 2.63. The van der Waals surface area contributed by atoms with Crippen molar-refractivity contribution in [3.63, 3.8) is 0 Å². The highest BCUT2D eigenvalue weighted by atomic mass is 16.2. The lowest BCUT2D eigenvalue weighted by Crippen LogP contribution is -2.65. The van der Waals surface area contributed by atoms with Gasteiger partial charge in [0.2, 0.25) is 17.7 Å². The summed E-state index contributed by atoms with van der Waals surface area (Å²) in [5.74, 6) is -0.836. The second-order valence-corrected chi connectivity index (χ2v) is 7.61. The summed E-state index contributed by atoms with van der Waals surface area (Å²) in [6.07, 6.45) is 2.47. The first kappa shape index (κ1) is 26.0. The summed E-state index contributed by atoms with van der Waals surface area (Å²) in [6.45, 7) is 8.93. The summed E-state index contributed by atoms with van der Waals surface area (Å²) in [7, 11) is 3.19. The Morgan fingerprint density at radius 1 is 1.00 bits per heavy atom. The molecule has 0 aliphatic rings. The maximum Gasteiger partial charge on any atom is 0.242 e. The molecule has 0 radical (unpaired) electrons. The van der Waals surface area contributed by atoms with E-state index in [0.717, 1.165) is 6.42 Å². The van der Waals surface area contributed by atoms with Crippen molar-refractivity contribution >= 4 is 24.0 Å². The molecule has 4 atom stereocenters. The quantitative estimate of drug-likeness (QED) is 0.213. The van der Waals surface area contributed by atoms with E-state index >= 15 is 0 Å². The van der Waals surface area contributed by atoms with Gasteiger partial charge in [-0.1, -0.05) is 27.2 Å². The molecule has 0 rings (SSSR count). The van der Waals surface area contributed by atoms with Crippen LogP contribution in [0.3, 0.4) is 0 Å². The average molecular weight is 400 g/mol. The van der Waals surface area contributed by atoms with Gasteiger partial charge < -0.3 is 21.3 Å². The number of carbonyl (C=O) groups is 4. The Kier molecular flexibility index (Phi) is 11.6. The number of carbonyl (C=O) groups excluding carboxylic acids is 4. The van der Waals surface area contributed by atoms with Crippen LogP contribution in [0, 0.1) is 5.92 Å². The monoisotopic (exact) mass is 399 g/mol.